The zero-order valence-corrected chi connectivity index (χ0v) is 17.3. The first-order valence-corrected chi connectivity index (χ1v) is 9.58. The summed E-state index contributed by atoms with van der Waals surface area (Å²) in [7, 11) is 1.45. The number of aliphatic hydroxyl groups excluding tert-OH is 1. The SMILES string of the molecule is CCC/C(O)=C(/C=Nc1ccc(OC(=O)c2ccccc2)cc1OC)C(=O)OCC. The number of rotatable bonds is 9. The molecule has 1 N–H and O–H groups in total. The van der Waals surface area contributed by atoms with Crippen LogP contribution >= 0.6 is 0 Å². The van der Waals surface area contributed by atoms with Gasteiger partial charge >= 0.3 is 11.9 Å². The van der Waals surface area contributed by atoms with Crippen molar-refractivity contribution in [2.75, 3.05) is 13.7 Å². The van der Waals surface area contributed by atoms with E-state index in [9.17, 15) is 14.7 Å². The molecular formula is C23H25NO6. The van der Waals surface area contributed by atoms with Gasteiger partial charge in [-0.05, 0) is 37.6 Å². The van der Waals surface area contributed by atoms with Gasteiger partial charge < -0.3 is 19.3 Å². The third-order valence-corrected chi connectivity index (χ3v) is 4.00. The van der Waals surface area contributed by atoms with E-state index in [0.29, 0.717) is 29.8 Å². The monoisotopic (exact) mass is 411 g/mol. The molecule has 158 valence electrons. The Labute approximate surface area is 175 Å². The standard InChI is InChI=1S/C23H25NO6/c1-4-9-20(25)18(23(27)29-5-2)15-24-19-13-12-17(14-21(19)28-3)30-22(26)16-10-7-6-8-11-16/h6-8,10-15,25H,4-5,9H2,1-3H3/b20-18+,24-15?. The summed E-state index contributed by atoms with van der Waals surface area (Å²) in [5, 5.41) is 10.2. The molecule has 7 heteroatoms. The fourth-order valence-corrected chi connectivity index (χ4v) is 2.53. The number of hydrogen-bond donors (Lipinski definition) is 1. The Morgan fingerprint density at radius 2 is 1.83 bits per heavy atom. The number of carbonyl (C=O) groups excluding carboxylic acids is 2. The molecule has 0 spiro atoms. The van der Waals surface area contributed by atoms with Crippen molar-refractivity contribution in [3.05, 3.63) is 65.4 Å². The zero-order chi connectivity index (χ0) is 21.9. The van der Waals surface area contributed by atoms with Crippen molar-refractivity contribution in [3.63, 3.8) is 0 Å². The van der Waals surface area contributed by atoms with Crippen LogP contribution in [-0.2, 0) is 9.53 Å². The molecule has 0 aliphatic rings. The first-order chi connectivity index (χ1) is 14.5. The van der Waals surface area contributed by atoms with Gasteiger partial charge in [0.25, 0.3) is 0 Å². The minimum absolute atomic E-state index is 0.0136. The van der Waals surface area contributed by atoms with Crippen molar-refractivity contribution in [3.8, 4) is 11.5 Å². The van der Waals surface area contributed by atoms with Crippen molar-refractivity contribution >= 4 is 23.8 Å². The fourth-order valence-electron chi connectivity index (χ4n) is 2.53. The Balaban J connectivity index is 2.25. The minimum Gasteiger partial charge on any atom is -0.511 e. The molecule has 0 aliphatic heterocycles. The van der Waals surface area contributed by atoms with Gasteiger partial charge in [0.05, 0.1) is 19.3 Å². The van der Waals surface area contributed by atoms with Crippen LogP contribution in [-0.4, -0.2) is 37.0 Å². The van der Waals surface area contributed by atoms with E-state index in [2.05, 4.69) is 4.99 Å². The number of methoxy groups -OCH3 is 1. The van der Waals surface area contributed by atoms with E-state index in [-0.39, 0.29) is 23.7 Å². The van der Waals surface area contributed by atoms with E-state index in [1.54, 1.807) is 43.3 Å². The van der Waals surface area contributed by atoms with Crippen LogP contribution < -0.4 is 9.47 Å². The van der Waals surface area contributed by atoms with Gasteiger partial charge in [-0.15, -0.1) is 0 Å². The van der Waals surface area contributed by atoms with Crippen LogP contribution in [0.1, 0.15) is 37.0 Å². The summed E-state index contributed by atoms with van der Waals surface area (Å²) in [6.07, 6.45) is 2.23. The van der Waals surface area contributed by atoms with Crippen molar-refractivity contribution in [1.82, 2.24) is 0 Å². The second-order valence-corrected chi connectivity index (χ2v) is 6.18. The number of esters is 2. The van der Waals surface area contributed by atoms with E-state index >= 15 is 0 Å². The molecule has 0 unspecified atom stereocenters. The lowest BCUT2D eigenvalue weighted by Gasteiger charge is -2.09. The summed E-state index contributed by atoms with van der Waals surface area (Å²) in [5.74, 6) is -0.616. The van der Waals surface area contributed by atoms with E-state index < -0.39 is 11.9 Å². The molecule has 7 nitrogen and oxygen atoms in total. The Bertz CT molecular complexity index is 934. The highest BCUT2D eigenvalue weighted by Gasteiger charge is 2.15. The normalized spacial score (nSPS) is 11.7. The van der Waals surface area contributed by atoms with E-state index in [4.69, 9.17) is 14.2 Å². The molecular weight excluding hydrogens is 386 g/mol. The first kappa shape index (κ1) is 22.7. The molecule has 2 aromatic carbocycles. The number of carbonyl (C=O) groups is 2. The maximum atomic E-state index is 12.2. The van der Waals surface area contributed by atoms with Crippen molar-refractivity contribution in [2.24, 2.45) is 4.99 Å². The molecule has 0 saturated heterocycles. The molecule has 0 aromatic heterocycles. The fraction of sp³-hybridized carbons (Fsp3) is 0.261. The van der Waals surface area contributed by atoms with Gasteiger partial charge in [0, 0.05) is 18.7 Å². The van der Waals surface area contributed by atoms with Crippen molar-refractivity contribution in [1.29, 1.82) is 0 Å². The average Bonchev–Trinajstić information content (AvgIpc) is 2.75. The second kappa shape index (κ2) is 11.4. The quantitative estimate of drug-likeness (QED) is 0.210. The lowest BCUT2D eigenvalue weighted by Crippen LogP contribution is -2.11. The van der Waals surface area contributed by atoms with Gasteiger partial charge in [-0.25, -0.2) is 9.59 Å². The number of nitrogens with zero attached hydrogens (tertiary/aromatic N) is 1. The lowest BCUT2D eigenvalue weighted by molar-refractivity contribution is -0.138. The van der Waals surface area contributed by atoms with Gasteiger partial charge in [0.1, 0.15) is 28.5 Å². The molecule has 0 radical (unpaired) electrons. The molecule has 0 aliphatic carbocycles. The number of allylic oxidation sites excluding steroid dienone is 1. The molecule has 0 amide bonds. The Hall–Kier alpha value is -3.61. The van der Waals surface area contributed by atoms with Crippen molar-refractivity contribution in [2.45, 2.75) is 26.7 Å². The number of ether oxygens (including phenoxy) is 3. The third-order valence-electron chi connectivity index (χ3n) is 4.00. The lowest BCUT2D eigenvalue weighted by atomic mass is 10.1. The molecule has 0 saturated carbocycles. The number of aliphatic imine (C=N–C) groups is 1. The maximum absolute atomic E-state index is 12.2. The van der Waals surface area contributed by atoms with Crippen LogP contribution in [0.25, 0.3) is 0 Å². The van der Waals surface area contributed by atoms with Crippen LogP contribution in [0.15, 0.2) is 64.9 Å². The summed E-state index contributed by atoms with van der Waals surface area (Å²) < 4.78 is 15.7. The van der Waals surface area contributed by atoms with Crippen molar-refractivity contribution < 1.29 is 28.9 Å². The summed E-state index contributed by atoms with van der Waals surface area (Å²) >= 11 is 0. The molecule has 0 fully saturated rings. The zero-order valence-electron chi connectivity index (χ0n) is 17.3. The molecule has 0 heterocycles. The van der Waals surface area contributed by atoms with Gasteiger partial charge in [-0.3, -0.25) is 4.99 Å². The highest BCUT2D eigenvalue weighted by molar-refractivity contribution is 6.10. The Kier molecular flexibility index (Phi) is 8.62. The highest BCUT2D eigenvalue weighted by atomic mass is 16.5. The Morgan fingerprint density at radius 3 is 2.47 bits per heavy atom. The van der Waals surface area contributed by atoms with E-state index in [1.807, 2.05) is 13.0 Å². The molecule has 2 rings (SSSR count). The summed E-state index contributed by atoms with van der Waals surface area (Å²) in [4.78, 5) is 28.6. The molecule has 0 atom stereocenters. The maximum Gasteiger partial charge on any atom is 0.343 e. The van der Waals surface area contributed by atoms with Gasteiger partial charge in [0.15, 0.2) is 0 Å². The number of aliphatic hydroxyl groups is 1. The largest absolute Gasteiger partial charge is 0.511 e. The van der Waals surface area contributed by atoms with Crippen LogP contribution in [0.5, 0.6) is 11.5 Å². The molecule has 2 aromatic rings. The third kappa shape index (κ3) is 6.20. The topological polar surface area (TPSA) is 94.4 Å². The second-order valence-electron chi connectivity index (χ2n) is 6.18. The van der Waals surface area contributed by atoms with Gasteiger partial charge in [0.2, 0.25) is 0 Å². The summed E-state index contributed by atoms with van der Waals surface area (Å²) in [6, 6.07) is 13.3. The predicted molar refractivity (Wildman–Crippen MR) is 114 cm³/mol. The number of hydrogen-bond acceptors (Lipinski definition) is 7. The van der Waals surface area contributed by atoms with Crippen LogP contribution in [0.3, 0.4) is 0 Å². The number of benzene rings is 2. The Morgan fingerprint density at radius 1 is 1.10 bits per heavy atom. The smallest absolute Gasteiger partial charge is 0.343 e. The highest BCUT2D eigenvalue weighted by Crippen LogP contribution is 2.32. The predicted octanol–water partition coefficient (Wildman–Crippen LogP) is 4.79. The minimum atomic E-state index is -0.653. The first-order valence-electron chi connectivity index (χ1n) is 9.58. The van der Waals surface area contributed by atoms with Crippen LogP contribution in [0, 0.1) is 0 Å². The average molecular weight is 411 g/mol. The summed E-state index contributed by atoms with van der Waals surface area (Å²) in [5.41, 5.74) is 0.803. The van der Waals surface area contributed by atoms with Crippen LogP contribution in [0.2, 0.25) is 0 Å². The van der Waals surface area contributed by atoms with E-state index in [0.717, 1.165) is 0 Å². The van der Waals surface area contributed by atoms with Gasteiger partial charge in [-0.1, -0.05) is 25.1 Å². The molecule has 0 bridgehead atoms. The molecule has 30 heavy (non-hydrogen) atoms. The van der Waals surface area contributed by atoms with E-state index in [1.165, 1.54) is 19.4 Å². The van der Waals surface area contributed by atoms with Gasteiger partial charge in [-0.2, -0.15) is 0 Å². The summed E-state index contributed by atoms with van der Waals surface area (Å²) in [6.45, 7) is 3.75. The van der Waals surface area contributed by atoms with Crippen LogP contribution in [0.4, 0.5) is 5.69 Å².